The Bertz CT molecular complexity index is 1750. The normalized spacial score (nSPS) is 13.1. The van der Waals surface area contributed by atoms with Crippen LogP contribution in [0.15, 0.2) is 78.9 Å². The highest BCUT2D eigenvalue weighted by atomic mass is 19.4. The summed E-state index contributed by atoms with van der Waals surface area (Å²) in [6, 6.07) is 21.4. The van der Waals surface area contributed by atoms with Crippen LogP contribution in [-0.4, -0.2) is 30.0 Å². The largest absolute Gasteiger partial charge is 0.465 e. The van der Waals surface area contributed by atoms with Crippen LogP contribution in [0.4, 0.5) is 24.5 Å². The number of alkyl halides is 3. The van der Waals surface area contributed by atoms with Crippen molar-refractivity contribution >= 4 is 23.3 Å². The fraction of sp³-hybridized carbons (Fsp3) is 0.229. The molecular weight excluding hydrogens is 567 g/mol. The standard InChI is InChI=1S/C35H30F3N3O3/c1-22-11-15-28(21-31(22)35(36,37)38)41-33(42)30-20-19-27(16-12-23-7-3-6-10-29(23)34(43)44-2)40-32(30)24-13-17-26(18-14-24)39-25-8-4-5-9-25/h3,6-7,10-11,13-15,17-21,25,39H,4-5,8-9H2,1-2H3,(H,41,42). The number of hydrogen-bond acceptors (Lipinski definition) is 5. The fourth-order valence-electron chi connectivity index (χ4n) is 5.18. The van der Waals surface area contributed by atoms with Crippen LogP contribution in [0.5, 0.6) is 0 Å². The van der Waals surface area contributed by atoms with Crippen LogP contribution in [-0.2, 0) is 10.9 Å². The molecule has 44 heavy (non-hydrogen) atoms. The quantitative estimate of drug-likeness (QED) is 0.175. The van der Waals surface area contributed by atoms with Gasteiger partial charge in [-0.2, -0.15) is 13.2 Å². The Hall–Kier alpha value is -5.10. The summed E-state index contributed by atoms with van der Waals surface area (Å²) in [5.74, 6) is 4.78. The summed E-state index contributed by atoms with van der Waals surface area (Å²) in [6.07, 6.45) is 0.0622. The van der Waals surface area contributed by atoms with E-state index in [1.54, 1.807) is 30.3 Å². The lowest BCUT2D eigenvalue weighted by atomic mass is 10.0. The van der Waals surface area contributed by atoms with Gasteiger partial charge in [-0.1, -0.05) is 49.1 Å². The molecule has 1 amide bonds. The van der Waals surface area contributed by atoms with Gasteiger partial charge in [-0.05, 0) is 79.8 Å². The molecule has 3 aromatic carbocycles. The second kappa shape index (κ2) is 13.0. The number of amides is 1. The number of esters is 1. The van der Waals surface area contributed by atoms with Gasteiger partial charge in [-0.3, -0.25) is 4.79 Å². The van der Waals surface area contributed by atoms with Gasteiger partial charge in [0.1, 0.15) is 5.69 Å². The van der Waals surface area contributed by atoms with Gasteiger partial charge in [0.05, 0.1) is 29.5 Å². The van der Waals surface area contributed by atoms with Gasteiger partial charge in [0.2, 0.25) is 0 Å². The van der Waals surface area contributed by atoms with Gasteiger partial charge in [-0.25, -0.2) is 9.78 Å². The van der Waals surface area contributed by atoms with Crippen LogP contribution < -0.4 is 10.6 Å². The van der Waals surface area contributed by atoms with E-state index in [0.717, 1.165) is 24.6 Å². The zero-order chi connectivity index (χ0) is 31.3. The van der Waals surface area contributed by atoms with E-state index in [1.807, 2.05) is 24.3 Å². The summed E-state index contributed by atoms with van der Waals surface area (Å²) in [5.41, 5.74) is 2.39. The lowest BCUT2D eigenvalue weighted by molar-refractivity contribution is -0.138. The number of nitrogens with one attached hydrogen (secondary N) is 2. The summed E-state index contributed by atoms with van der Waals surface area (Å²) >= 11 is 0. The van der Waals surface area contributed by atoms with Crippen LogP contribution in [0.3, 0.4) is 0 Å². The van der Waals surface area contributed by atoms with Gasteiger partial charge >= 0.3 is 12.1 Å². The van der Waals surface area contributed by atoms with E-state index in [9.17, 15) is 22.8 Å². The highest BCUT2D eigenvalue weighted by molar-refractivity contribution is 6.08. The number of aryl methyl sites for hydroxylation is 1. The number of methoxy groups -OCH3 is 1. The number of rotatable bonds is 6. The lowest BCUT2D eigenvalue weighted by Crippen LogP contribution is -2.16. The van der Waals surface area contributed by atoms with Crippen molar-refractivity contribution in [3.63, 3.8) is 0 Å². The summed E-state index contributed by atoms with van der Waals surface area (Å²) in [4.78, 5) is 30.3. The average molecular weight is 598 g/mol. The van der Waals surface area contributed by atoms with Crippen molar-refractivity contribution in [1.29, 1.82) is 0 Å². The maximum atomic E-state index is 13.5. The number of aromatic nitrogens is 1. The highest BCUT2D eigenvalue weighted by Gasteiger charge is 2.32. The molecule has 1 aromatic heterocycles. The molecule has 1 heterocycles. The Labute approximate surface area is 253 Å². The number of nitrogens with zero attached hydrogens (tertiary/aromatic N) is 1. The van der Waals surface area contributed by atoms with E-state index in [0.29, 0.717) is 34.1 Å². The Morgan fingerprint density at radius 2 is 1.59 bits per heavy atom. The average Bonchev–Trinajstić information content (AvgIpc) is 3.53. The molecule has 0 aliphatic heterocycles. The predicted octanol–water partition coefficient (Wildman–Crippen LogP) is 7.87. The third-order valence-corrected chi connectivity index (χ3v) is 7.48. The first-order chi connectivity index (χ1) is 21.1. The van der Waals surface area contributed by atoms with Crippen molar-refractivity contribution < 1.29 is 27.5 Å². The summed E-state index contributed by atoms with van der Waals surface area (Å²) < 4.78 is 45.3. The Balaban J connectivity index is 1.50. The third-order valence-electron chi connectivity index (χ3n) is 7.48. The zero-order valence-corrected chi connectivity index (χ0v) is 24.2. The van der Waals surface area contributed by atoms with Crippen LogP contribution in [0.1, 0.15) is 68.8 Å². The summed E-state index contributed by atoms with van der Waals surface area (Å²) in [6.45, 7) is 1.37. The van der Waals surface area contributed by atoms with Crippen LogP contribution >= 0.6 is 0 Å². The monoisotopic (exact) mass is 597 g/mol. The Kier molecular flexibility index (Phi) is 9.00. The smallest absolute Gasteiger partial charge is 0.416 e. The first kappa shape index (κ1) is 30.4. The molecule has 1 aliphatic rings. The number of carbonyl (C=O) groups excluding carboxylic acids is 2. The molecule has 0 spiro atoms. The third kappa shape index (κ3) is 7.09. The molecule has 224 valence electrons. The van der Waals surface area contributed by atoms with Crippen molar-refractivity contribution in [1.82, 2.24) is 4.98 Å². The number of carbonyl (C=O) groups is 2. The topological polar surface area (TPSA) is 80.3 Å². The number of halogens is 3. The molecule has 0 atom stereocenters. The molecule has 1 fully saturated rings. The maximum Gasteiger partial charge on any atom is 0.416 e. The molecule has 0 saturated heterocycles. The van der Waals surface area contributed by atoms with Crippen molar-refractivity contribution in [3.05, 3.63) is 112 Å². The van der Waals surface area contributed by atoms with E-state index < -0.39 is 23.6 Å². The molecule has 6 nitrogen and oxygen atoms in total. The van der Waals surface area contributed by atoms with Crippen LogP contribution in [0.25, 0.3) is 11.3 Å². The molecule has 0 bridgehead atoms. The molecule has 1 saturated carbocycles. The van der Waals surface area contributed by atoms with E-state index in [2.05, 4.69) is 27.5 Å². The SMILES string of the molecule is COC(=O)c1ccccc1C#Cc1ccc(C(=O)Nc2ccc(C)c(C(F)(F)F)c2)c(-c2ccc(NC3CCCC3)cc2)n1. The zero-order valence-electron chi connectivity index (χ0n) is 24.2. The molecule has 0 unspecified atom stereocenters. The second-order valence-electron chi connectivity index (χ2n) is 10.6. The number of anilines is 2. The first-order valence-electron chi connectivity index (χ1n) is 14.2. The van der Waals surface area contributed by atoms with Gasteiger partial charge in [0.25, 0.3) is 5.91 Å². The van der Waals surface area contributed by atoms with Crippen LogP contribution in [0, 0.1) is 18.8 Å². The maximum absolute atomic E-state index is 13.5. The van der Waals surface area contributed by atoms with E-state index in [1.165, 1.54) is 45.1 Å². The molecule has 2 N–H and O–H groups in total. The minimum Gasteiger partial charge on any atom is -0.465 e. The number of ether oxygens (including phenoxy) is 1. The number of pyridine rings is 1. The number of benzene rings is 3. The molecule has 4 aromatic rings. The van der Waals surface area contributed by atoms with E-state index >= 15 is 0 Å². The number of hydrogen-bond donors (Lipinski definition) is 2. The first-order valence-corrected chi connectivity index (χ1v) is 14.2. The Morgan fingerprint density at radius 3 is 2.30 bits per heavy atom. The molecular formula is C35H30F3N3O3. The van der Waals surface area contributed by atoms with Gasteiger partial charge in [-0.15, -0.1) is 0 Å². The van der Waals surface area contributed by atoms with E-state index in [4.69, 9.17) is 4.74 Å². The fourth-order valence-corrected chi connectivity index (χ4v) is 5.18. The Morgan fingerprint density at radius 1 is 0.886 bits per heavy atom. The summed E-state index contributed by atoms with van der Waals surface area (Å²) in [7, 11) is 1.29. The molecule has 0 radical (unpaired) electrons. The lowest BCUT2D eigenvalue weighted by Gasteiger charge is -2.15. The van der Waals surface area contributed by atoms with Crippen molar-refractivity contribution in [3.8, 4) is 23.1 Å². The van der Waals surface area contributed by atoms with Crippen molar-refractivity contribution in [2.24, 2.45) is 0 Å². The van der Waals surface area contributed by atoms with E-state index in [-0.39, 0.29) is 16.8 Å². The highest BCUT2D eigenvalue weighted by Crippen LogP contribution is 2.34. The van der Waals surface area contributed by atoms with Crippen molar-refractivity contribution in [2.75, 3.05) is 17.7 Å². The van der Waals surface area contributed by atoms with Gasteiger partial charge < -0.3 is 15.4 Å². The van der Waals surface area contributed by atoms with Crippen LogP contribution in [0.2, 0.25) is 0 Å². The minimum atomic E-state index is -4.56. The molecule has 1 aliphatic carbocycles. The van der Waals surface area contributed by atoms with Gasteiger partial charge in [0.15, 0.2) is 0 Å². The second-order valence-corrected chi connectivity index (χ2v) is 10.6. The minimum absolute atomic E-state index is 0.0123. The van der Waals surface area contributed by atoms with Crippen molar-refractivity contribution in [2.45, 2.75) is 44.8 Å². The molecule has 5 rings (SSSR count). The van der Waals surface area contributed by atoms with Gasteiger partial charge in [0, 0.05) is 28.5 Å². The predicted molar refractivity (Wildman–Crippen MR) is 163 cm³/mol. The summed E-state index contributed by atoms with van der Waals surface area (Å²) in [5, 5.41) is 6.12. The molecule has 9 heteroatoms.